The summed E-state index contributed by atoms with van der Waals surface area (Å²) in [6, 6.07) is 99.8. The van der Waals surface area contributed by atoms with Crippen molar-refractivity contribution in [3.63, 3.8) is 0 Å². The lowest BCUT2D eigenvalue weighted by molar-refractivity contribution is -0.259. The van der Waals surface area contributed by atoms with Crippen LogP contribution < -0.4 is 28.4 Å². The molecule has 0 amide bonds. The average Bonchev–Trinajstić information content (AvgIpc) is 0.819. The molecule has 3 atom stereocenters. The first-order chi connectivity index (χ1) is 53.9. The van der Waals surface area contributed by atoms with Gasteiger partial charge in [0.05, 0.1) is 90.3 Å². The molecule has 4 N–H and O–H groups in total. The zero-order valence-corrected chi connectivity index (χ0v) is 68.3. The number of benzene rings is 12. The van der Waals surface area contributed by atoms with Crippen LogP contribution in [-0.2, 0) is 71.0 Å². The first-order valence-electron chi connectivity index (χ1n) is 36.2. The predicted octanol–water partition coefficient (Wildman–Crippen LogP) is 21.1. The van der Waals surface area contributed by atoms with E-state index in [0.717, 1.165) is 43.1 Å². The van der Waals surface area contributed by atoms with E-state index in [1.165, 1.54) is 49.6 Å². The maximum absolute atomic E-state index is 12.1. The van der Waals surface area contributed by atoms with Gasteiger partial charge >= 0.3 is 18.8 Å². The highest BCUT2D eigenvalue weighted by atomic mass is 32.2. The van der Waals surface area contributed by atoms with Crippen LogP contribution >= 0.6 is 0 Å². The smallest absolute Gasteiger partial charge is 0.508 e. The summed E-state index contributed by atoms with van der Waals surface area (Å²) < 4.78 is 47.8. The lowest BCUT2D eigenvalue weighted by Crippen LogP contribution is -2.31. The summed E-state index contributed by atoms with van der Waals surface area (Å²) in [7, 11) is 3.86. The Balaban J connectivity index is 0.000000180. The highest BCUT2D eigenvalue weighted by Gasteiger charge is 2.34. The van der Waals surface area contributed by atoms with Crippen LogP contribution in [0.15, 0.2) is 362 Å². The number of hydrogen-bond acceptors (Lipinski definition) is 15. The van der Waals surface area contributed by atoms with Crippen molar-refractivity contribution < 1.29 is 72.6 Å². The van der Waals surface area contributed by atoms with E-state index in [2.05, 4.69) is 140 Å². The maximum Gasteiger partial charge on any atom is 0.514 e. The average molecular weight is 1580 g/mol. The summed E-state index contributed by atoms with van der Waals surface area (Å²) in [5.41, 5.74) is 1.85. The van der Waals surface area contributed by atoms with E-state index in [1.54, 1.807) is 90.6 Å². The molecule has 0 radical (unpaired) electrons. The highest BCUT2D eigenvalue weighted by Crippen LogP contribution is 2.38. The molecule has 3 unspecified atom stereocenters. The zero-order valence-electron chi connectivity index (χ0n) is 65.1. The Morgan fingerprint density at radius 1 is 0.348 bits per heavy atom. The van der Waals surface area contributed by atoms with Gasteiger partial charge in [0, 0.05) is 0 Å². The van der Waals surface area contributed by atoms with Crippen molar-refractivity contribution in [2.45, 2.75) is 152 Å². The van der Waals surface area contributed by atoms with E-state index in [1.807, 2.05) is 156 Å². The van der Waals surface area contributed by atoms with E-state index in [4.69, 9.17) is 42.6 Å². The Morgan fingerprint density at radius 3 is 0.902 bits per heavy atom. The molecule has 580 valence electrons. The molecule has 0 spiro atoms. The largest absolute Gasteiger partial charge is 0.514 e. The van der Waals surface area contributed by atoms with Crippen LogP contribution in [0.4, 0.5) is 9.59 Å². The van der Waals surface area contributed by atoms with Crippen LogP contribution in [0, 0.1) is 12.8 Å². The Morgan fingerprint density at radius 2 is 0.616 bits per heavy atom. The van der Waals surface area contributed by atoms with Crippen LogP contribution in [-0.4, -0.2) is 78.4 Å². The van der Waals surface area contributed by atoms with Crippen LogP contribution in [0.25, 0.3) is 0 Å². The number of phenolic OH excluding ortho intramolecular Hbond substituents is 1. The molecule has 0 saturated carbocycles. The van der Waals surface area contributed by atoms with Gasteiger partial charge in [0.15, 0.2) is 58.7 Å². The summed E-state index contributed by atoms with van der Waals surface area (Å²) in [6.45, 7) is 15.7. The number of phenols is 1. The predicted molar refractivity (Wildman–Crippen MR) is 445 cm³/mol. The lowest BCUT2D eigenvalue weighted by Gasteiger charge is -2.23. The molecule has 0 heterocycles. The third-order valence-electron chi connectivity index (χ3n) is 16.1. The number of methoxy groups -OCH3 is 3. The number of hydrogen-bond donors (Lipinski definition) is 4. The number of ether oxygens (including phenoxy) is 9. The van der Waals surface area contributed by atoms with Crippen LogP contribution in [0.2, 0.25) is 0 Å². The minimum absolute atomic E-state index is 0.0547. The Kier molecular flexibility index (Phi) is 32.2. The number of aryl methyl sites for hydroxylation is 1. The molecule has 12 rings (SSSR count). The number of carbonyl (C=O) groups is 2. The first kappa shape index (κ1) is 85.4. The second-order valence-electron chi connectivity index (χ2n) is 27.5. The Labute approximate surface area is 670 Å². The van der Waals surface area contributed by atoms with Gasteiger partial charge in [-0.05, 0) is 296 Å². The standard InChI is InChI=1S/C33H41O9S.C21H21O3S.C21H21O2S.C18H14OS/c1-22(2)21-37-29(34)38-23-9-15-26(16-10-23)43(27-17-11-24(12-18-27)39-30(35)41-32(3,4)5)28-19-13-25(14-20-28)40-31(36)42-33(6,7)8;1-23-17-5-11-20(12-6-17)25(19-9-3-16(15-22)4-10-19)21-13-7-18(24-2)8-14-21;1-16-3-9-19(10-4-16)24(20-11-5-17(15-22)6-12-20)21-13-7-18(23-2)8-14-21;19-15-11-13-18(14-12-15)20(16-7-3-1-4-8-16)17-9-5-2-6-10-17/h9-20,22,30,35H,21H2,1-8H3;3-14,22H,15H2,1-2H3;3-14,22H,15H2,1-2H3;1-14H/q3*+1;/p+1. The van der Waals surface area contributed by atoms with Crippen LogP contribution in [0.5, 0.6) is 40.2 Å². The van der Waals surface area contributed by atoms with E-state index in [-0.39, 0.29) is 58.4 Å². The van der Waals surface area contributed by atoms with Crippen molar-refractivity contribution in [1.29, 1.82) is 0 Å². The van der Waals surface area contributed by atoms with Gasteiger partial charge in [0.1, 0.15) is 45.8 Å². The molecule has 0 aliphatic rings. The number of carbonyl (C=O) groups excluding carboxylic acids is 2. The van der Waals surface area contributed by atoms with E-state index in [9.17, 15) is 30.0 Å². The van der Waals surface area contributed by atoms with Gasteiger partial charge in [-0.1, -0.05) is 92.2 Å². The Hall–Kier alpha value is -10.6. The molecular weight excluding hydrogens is 1490 g/mol. The van der Waals surface area contributed by atoms with Crippen molar-refractivity contribution in [2.75, 3.05) is 27.9 Å². The van der Waals surface area contributed by atoms with Gasteiger partial charge in [-0.3, -0.25) is 0 Å². The van der Waals surface area contributed by atoms with Gasteiger partial charge in [-0.15, -0.1) is 0 Å². The molecule has 0 fully saturated rings. The van der Waals surface area contributed by atoms with Crippen molar-refractivity contribution >= 4 is 55.9 Å². The fourth-order valence-electron chi connectivity index (χ4n) is 10.7. The first-order valence-corrected chi connectivity index (χ1v) is 41.1. The third kappa shape index (κ3) is 26.6. The maximum atomic E-state index is 12.1. The quantitative estimate of drug-likeness (QED) is 0.0193. The van der Waals surface area contributed by atoms with Gasteiger partial charge in [0.25, 0.3) is 0 Å². The molecular formula is C93H98O15S4+4. The fraction of sp³-hybridized carbons (Fsp3) is 0.204. The monoisotopic (exact) mass is 1580 g/mol. The van der Waals surface area contributed by atoms with Gasteiger partial charge in [-0.25, -0.2) is 9.59 Å². The number of aromatic hydroxyl groups is 1. The summed E-state index contributed by atoms with van der Waals surface area (Å²) in [6.07, 6.45) is -1.54. The number of aliphatic hydroxyl groups is 3. The topological polar surface area (TPSA) is 198 Å². The fourth-order valence-corrected chi connectivity index (χ4v) is 18.9. The molecule has 0 aromatic heterocycles. The molecule has 0 aliphatic heterocycles. The summed E-state index contributed by atoms with van der Waals surface area (Å²) in [5.74, 6) is 4.20. The summed E-state index contributed by atoms with van der Waals surface area (Å²) >= 11 is 0. The van der Waals surface area contributed by atoms with Crippen molar-refractivity contribution in [1.82, 2.24) is 0 Å². The van der Waals surface area contributed by atoms with Gasteiger partial charge in [0.2, 0.25) is 0 Å². The Bertz CT molecular complexity index is 4580. The van der Waals surface area contributed by atoms with Gasteiger partial charge < -0.3 is 63.1 Å². The number of aliphatic hydroxyl groups excluding tert-OH is 3. The molecule has 112 heavy (non-hydrogen) atoms. The molecule has 12 aromatic carbocycles. The number of rotatable bonds is 24. The molecule has 19 heteroatoms. The SMILES string of the molecule is CC(C)COC(=O)Oc1ccc([S+](c2ccc(OC(=O)OC(C)(C)C)cc2)c2ccc(OC(O)OC(C)(C)C)cc2)cc1.COc1ccc([S+](c2ccc(C)cc2)c2ccc(CO)cc2)cc1.COc1ccc([S+](c2ccc(CO)cc2)c2ccc(OC)cc2)cc1.Oc1ccc([S+](c2ccccc2)c2ccccc2)cc1. The molecule has 0 bridgehead atoms. The van der Waals surface area contributed by atoms with Crippen molar-refractivity contribution in [2.24, 2.45) is 5.92 Å². The minimum Gasteiger partial charge on any atom is -0.508 e. The highest BCUT2D eigenvalue weighted by molar-refractivity contribution is 7.98. The summed E-state index contributed by atoms with van der Waals surface area (Å²) in [5, 5.41) is 38.2. The normalized spacial score (nSPS) is 11.9. The molecule has 0 aliphatic carbocycles. The van der Waals surface area contributed by atoms with Crippen LogP contribution in [0.1, 0.15) is 72.1 Å². The van der Waals surface area contributed by atoms with E-state index < -0.39 is 40.9 Å². The van der Waals surface area contributed by atoms with Crippen molar-refractivity contribution in [3.8, 4) is 40.2 Å². The van der Waals surface area contributed by atoms with E-state index in [0.29, 0.717) is 23.0 Å². The third-order valence-corrected chi connectivity index (χ3v) is 25.0. The van der Waals surface area contributed by atoms with Crippen molar-refractivity contribution in [3.05, 3.63) is 320 Å². The second-order valence-corrected chi connectivity index (χ2v) is 35.6. The second kappa shape index (κ2) is 42.2. The molecule has 12 aromatic rings. The molecule has 15 nitrogen and oxygen atoms in total. The lowest BCUT2D eigenvalue weighted by atomic mass is 10.2. The minimum atomic E-state index is -1.42. The van der Waals surface area contributed by atoms with E-state index >= 15 is 0 Å². The van der Waals surface area contributed by atoms with Gasteiger partial charge in [-0.2, -0.15) is 0 Å². The zero-order chi connectivity index (χ0) is 80.2. The summed E-state index contributed by atoms with van der Waals surface area (Å²) in [4.78, 5) is 38.1. The molecule has 0 saturated heterocycles. The van der Waals surface area contributed by atoms with Crippen LogP contribution in [0.3, 0.4) is 0 Å².